The van der Waals surface area contributed by atoms with Crippen LogP contribution in [0, 0.1) is 12.7 Å². The Hall–Kier alpha value is -4.69. The molecule has 0 fully saturated rings. The third kappa shape index (κ3) is 5.33. The Morgan fingerprint density at radius 3 is 2.74 bits per heavy atom. The van der Waals surface area contributed by atoms with E-state index < -0.39 is 17.5 Å². The van der Waals surface area contributed by atoms with Gasteiger partial charge in [0, 0.05) is 23.6 Å². The molecule has 12 nitrogen and oxygen atoms in total. The van der Waals surface area contributed by atoms with Crippen LogP contribution in [0.4, 0.5) is 14.9 Å². The lowest BCUT2D eigenvalue weighted by molar-refractivity contribution is 0.0315. The number of aliphatic hydroxyl groups excluding tert-OH is 1. The maximum absolute atomic E-state index is 15.2. The third-order valence-electron chi connectivity index (χ3n) is 6.50. The summed E-state index contributed by atoms with van der Waals surface area (Å²) in [6.07, 6.45) is 3.79. The first-order valence-corrected chi connectivity index (χ1v) is 13.7. The van der Waals surface area contributed by atoms with E-state index >= 15 is 4.39 Å². The Labute approximate surface area is 242 Å². The van der Waals surface area contributed by atoms with Crippen LogP contribution in [0.25, 0.3) is 31.8 Å². The van der Waals surface area contributed by atoms with Gasteiger partial charge in [-0.1, -0.05) is 0 Å². The zero-order valence-corrected chi connectivity index (χ0v) is 23.6. The predicted molar refractivity (Wildman–Crippen MR) is 152 cm³/mol. The summed E-state index contributed by atoms with van der Waals surface area (Å²) in [6.45, 7) is 3.45. The van der Waals surface area contributed by atoms with Crippen LogP contribution in [-0.2, 0) is 11.2 Å². The molecule has 5 aromatic rings. The standard InChI is InChI=1S/C28H25FN6O6S/c1-14-6-16(22-19(7-14)34-21(38-3)12-30-22)25-35-20-8-18(29)23-17(24(20)42-25)9-28(2,41-23)13-40-27(37)33-15-10-31-26(32-11-15)39-5-4-36/h6-8,10-12,36H,4-5,9,13H2,1-3H3,(H,33,37). The average molecular weight is 593 g/mol. The molecule has 216 valence electrons. The lowest BCUT2D eigenvalue weighted by atomic mass is 10.00. The van der Waals surface area contributed by atoms with Crippen molar-refractivity contribution in [3.63, 3.8) is 0 Å². The van der Waals surface area contributed by atoms with Crippen LogP contribution in [-0.4, -0.2) is 68.7 Å². The first-order valence-electron chi connectivity index (χ1n) is 12.9. The summed E-state index contributed by atoms with van der Waals surface area (Å²) < 4.78 is 37.8. The minimum absolute atomic E-state index is 0.0543. The number of halogens is 1. The largest absolute Gasteiger partial charge is 0.480 e. The van der Waals surface area contributed by atoms with Crippen LogP contribution in [0.1, 0.15) is 18.1 Å². The summed E-state index contributed by atoms with van der Waals surface area (Å²) in [5.74, 6) is -0.0119. The number of thiazole rings is 1. The molecule has 0 saturated heterocycles. The number of hydrogen-bond donors (Lipinski definition) is 2. The van der Waals surface area contributed by atoms with Gasteiger partial charge in [-0.05, 0) is 31.5 Å². The number of benzene rings is 2. The predicted octanol–water partition coefficient (Wildman–Crippen LogP) is 4.47. The Kier molecular flexibility index (Phi) is 7.16. The molecule has 1 unspecified atom stereocenters. The molecular weight excluding hydrogens is 567 g/mol. The van der Waals surface area contributed by atoms with Crippen molar-refractivity contribution in [2.75, 3.05) is 32.2 Å². The van der Waals surface area contributed by atoms with Crippen LogP contribution in [0.5, 0.6) is 17.6 Å². The molecule has 1 aliphatic rings. The summed E-state index contributed by atoms with van der Waals surface area (Å²) in [4.78, 5) is 34.1. The Bertz CT molecular complexity index is 1820. The molecule has 1 atom stereocenters. The van der Waals surface area contributed by atoms with E-state index in [1.165, 1.54) is 36.9 Å². The number of hydrogen-bond acceptors (Lipinski definition) is 12. The highest BCUT2D eigenvalue weighted by molar-refractivity contribution is 7.22. The summed E-state index contributed by atoms with van der Waals surface area (Å²) in [5, 5.41) is 12.0. The zero-order valence-electron chi connectivity index (χ0n) is 22.8. The van der Waals surface area contributed by atoms with Crippen molar-refractivity contribution in [1.29, 1.82) is 0 Å². The van der Waals surface area contributed by atoms with Gasteiger partial charge in [0.2, 0.25) is 5.88 Å². The molecule has 14 heteroatoms. The van der Waals surface area contributed by atoms with E-state index in [9.17, 15) is 4.79 Å². The first kappa shape index (κ1) is 27.5. The first-order chi connectivity index (χ1) is 20.2. The average Bonchev–Trinajstić information content (AvgIpc) is 3.56. The molecule has 0 saturated carbocycles. The molecule has 2 N–H and O–H groups in total. The number of carbonyl (C=O) groups excluding carboxylic acids is 1. The van der Waals surface area contributed by atoms with Gasteiger partial charge < -0.3 is 24.1 Å². The molecule has 0 radical (unpaired) electrons. The molecule has 1 aliphatic heterocycles. The van der Waals surface area contributed by atoms with Crippen LogP contribution >= 0.6 is 11.3 Å². The van der Waals surface area contributed by atoms with Gasteiger partial charge in [0.1, 0.15) is 23.8 Å². The lowest BCUT2D eigenvalue weighted by Crippen LogP contribution is -2.37. The summed E-state index contributed by atoms with van der Waals surface area (Å²) in [7, 11) is 1.54. The van der Waals surface area contributed by atoms with E-state index in [-0.39, 0.29) is 37.3 Å². The van der Waals surface area contributed by atoms with Crippen LogP contribution in [0.15, 0.2) is 36.8 Å². The maximum Gasteiger partial charge on any atom is 0.411 e. The minimum Gasteiger partial charge on any atom is -0.480 e. The normalized spacial score (nSPS) is 15.8. The highest BCUT2D eigenvalue weighted by Gasteiger charge is 2.40. The molecule has 42 heavy (non-hydrogen) atoms. The Morgan fingerprint density at radius 1 is 1.17 bits per heavy atom. The zero-order chi connectivity index (χ0) is 29.4. The van der Waals surface area contributed by atoms with Gasteiger partial charge in [0.25, 0.3) is 0 Å². The minimum atomic E-state index is -1.00. The summed E-state index contributed by atoms with van der Waals surface area (Å²) in [5.41, 5.74) is 3.54. The number of methoxy groups -OCH3 is 1. The van der Waals surface area contributed by atoms with E-state index in [0.29, 0.717) is 39.4 Å². The molecule has 4 heterocycles. The van der Waals surface area contributed by atoms with Gasteiger partial charge in [-0.2, -0.15) is 0 Å². The van der Waals surface area contributed by atoms with Crippen molar-refractivity contribution < 1.29 is 33.2 Å². The lowest BCUT2D eigenvalue weighted by Gasteiger charge is -2.23. The maximum atomic E-state index is 15.2. The summed E-state index contributed by atoms with van der Waals surface area (Å²) in [6, 6.07) is 5.32. The highest BCUT2D eigenvalue weighted by atomic mass is 32.1. The van der Waals surface area contributed by atoms with Gasteiger partial charge >= 0.3 is 12.1 Å². The van der Waals surface area contributed by atoms with Crippen molar-refractivity contribution in [2.45, 2.75) is 25.9 Å². The van der Waals surface area contributed by atoms with Gasteiger partial charge in [-0.3, -0.25) is 5.32 Å². The van der Waals surface area contributed by atoms with Crippen molar-refractivity contribution in [1.82, 2.24) is 24.9 Å². The van der Waals surface area contributed by atoms with Crippen molar-refractivity contribution in [3.05, 3.63) is 53.7 Å². The van der Waals surface area contributed by atoms with Gasteiger partial charge in [0.15, 0.2) is 11.6 Å². The summed E-state index contributed by atoms with van der Waals surface area (Å²) >= 11 is 1.42. The number of rotatable bonds is 8. The number of carbonyl (C=O) groups is 1. The molecule has 2 aromatic carbocycles. The Balaban J connectivity index is 1.21. The van der Waals surface area contributed by atoms with E-state index in [0.717, 1.165) is 15.8 Å². The number of aliphatic hydroxyl groups is 1. The second-order valence-electron chi connectivity index (χ2n) is 9.88. The molecule has 6 rings (SSSR count). The number of nitrogens with one attached hydrogen (secondary N) is 1. The second-order valence-corrected chi connectivity index (χ2v) is 10.9. The number of ether oxygens (including phenoxy) is 4. The van der Waals surface area contributed by atoms with Crippen LogP contribution in [0.3, 0.4) is 0 Å². The van der Waals surface area contributed by atoms with Gasteiger partial charge in [-0.25, -0.2) is 34.1 Å². The molecular formula is C28H25FN6O6S. The van der Waals surface area contributed by atoms with E-state index in [1.807, 2.05) is 19.1 Å². The SMILES string of the molecule is COc1cnc2c(-c3nc4cc(F)c5c(c4s3)CC(C)(COC(=O)Nc3cnc(OCCO)nc3)O5)cc(C)cc2n1. The topological polar surface area (TPSA) is 151 Å². The fourth-order valence-corrected chi connectivity index (χ4v) is 5.78. The monoisotopic (exact) mass is 592 g/mol. The van der Waals surface area contributed by atoms with Crippen molar-refractivity contribution in [2.24, 2.45) is 0 Å². The molecule has 0 aliphatic carbocycles. The number of nitrogens with zero attached hydrogens (tertiary/aromatic N) is 5. The van der Waals surface area contributed by atoms with Crippen LogP contribution < -0.4 is 19.5 Å². The molecule has 1 amide bonds. The van der Waals surface area contributed by atoms with E-state index in [4.69, 9.17) is 29.0 Å². The fourth-order valence-electron chi connectivity index (χ4n) is 4.68. The van der Waals surface area contributed by atoms with Crippen molar-refractivity contribution >= 4 is 44.4 Å². The van der Waals surface area contributed by atoms with Gasteiger partial charge in [0.05, 0.1) is 59.2 Å². The number of aryl methyl sites for hydroxylation is 1. The quantitative estimate of drug-likeness (QED) is 0.263. The van der Waals surface area contributed by atoms with Gasteiger partial charge in [-0.15, -0.1) is 11.3 Å². The smallest absolute Gasteiger partial charge is 0.411 e. The number of fused-ring (bicyclic) bond motifs is 4. The third-order valence-corrected chi connectivity index (χ3v) is 7.66. The van der Waals surface area contributed by atoms with E-state index in [2.05, 4.69) is 25.3 Å². The number of aromatic nitrogens is 5. The van der Waals surface area contributed by atoms with E-state index in [1.54, 1.807) is 13.1 Å². The highest BCUT2D eigenvalue weighted by Crippen LogP contribution is 2.45. The fraction of sp³-hybridized carbons (Fsp3) is 0.286. The molecule has 0 spiro atoms. The second kappa shape index (κ2) is 10.9. The molecule has 0 bridgehead atoms. The van der Waals surface area contributed by atoms with Crippen molar-refractivity contribution in [3.8, 4) is 28.2 Å². The molecule has 3 aromatic heterocycles. The Morgan fingerprint density at radius 2 is 1.98 bits per heavy atom. The number of amides is 1. The number of anilines is 1. The van der Waals surface area contributed by atoms with Crippen LogP contribution in [0.2, 0.25) is 0 Å².